The largest absolute Gasteiger partial charge is 0.448 e. The molecule has 1 fully saturated rings. The first-order chi connectivity index (χ1) is 6.75. The number of cyclic esters (lactones) is 1. The van der Waals surface area contributed by atoms with Gasteiger partial charge in [-0.3, -0.25) is 0 Å². The molecule has 0 aliphatic carbocycles. The maximum atomic E-state index is 11.1. The Morgan fingerprint density at radius 1 is 1.57 bits per heavy atom. The molecule has 2 rings (SSSR count). The number of carbonyl (C=O) groups excluding carboxylic acids is 1. The van der Waals surface area contributed by atoms with Gasteiger partial charge in [0.05, 0.1) is 13.1 Å². The number of nitrogen functional groups attached to an aromatic ring is 1. The molecule has 1 aromatic rings. The first kappa shape index (κ1) is 8.80. The minimum atomic E-state index is -0.262. The van der Waals surface area contributed by atoms with Gasteiger partial charge in [-0.15, -0.1) is 0 Å². The molecule has 2 heterocycles. The second-order valence-electron chi connectivity index (χ2n) is 3.13. The van der Waals surface area contributed by atoms with E-state index in [0.717, 1.165) is 5.56 Å². The van der Waals surface area contributed by atoms with E-state index in [0.29, 0.717) is 25.5 Å². The molecular formula is C9H11N3O2. The zero-order valence-electron chi connectivity index (χ0n) is 7.64. The van der Waals surface area contributed by atoms with E-state index in [1.165, 1.54) is 0 Å². The Kier molecular flexibility index (Phi) is 2.22. The number of nitrogens with two attached hydrogens (primary N) is 1. The van der Waals surface area contributed by atoms with E-state index >= 15 is 0 Å². The molecule has 74 valence electrons. The molecule has 0 spiro atoms. The van der Waals surface area contributed by atoms with Gasteiger partial charge >= 0.3 is 6.09 Å². The highest BCUT2D eigenvalue weighted by molar-refractivity contribution is 5.69. The minimum Gasteiger partial charge on any atom is -0.448 e. The molecule has 2 N–H and O–H groups in total. The van der Waals surface area contributed by atoms with Crippen LogP contribution in [0.3, 0.4) is 0 Å². The van der Waals surface area contributed by atoms with Crippen molar-refractivity contribution in [3.8, 4) is 0 Å². The lowest BCUT2D eigenvalue weighted by Crippen LogP contribution is -2.23. The number of pyridine rings is 1. The van der Waals surface area contributed by atoms with Gasteiger partial charge < -0.3 is 15.4 Å². The van der Waals surface area contributed by atoms with Crippen molar-refractivity contribution in [2.75, 3.05) is 18.9 Å². The molecule has 1 amide bonds. The summed E-state index contributed by atoms with van der Waals surface area (Å²) in [6, 6.07) is 3.57. The number of aromatic nitrogens is 1. The summed E-state index contributed by atoms with van der Waals surface area (Å²) >= 11 is 0. The summed E-state index contributed by atoms with van der Waals surface area (Å²) in [5, 5.41) is 0. The van der Waals surface area contributed by atoms with Crippen LogP contribution in [0.4, 0.5) is 10.6 Å². The van der Waals surface area contributed by atoms with Crippen LogP contribution < -0.4 is 5.73 Å². The third kappa shape index (κ3) is 1.76. The maximum Gasteiger partial charge on any atom is 0.410 e. The Morgan fingerprint density at radius 2 is 2.43 bits per heavy atom. The maximum absolute atomic E-state index is 11.1. The zero-order valence-corrected chi connectivity index (χ0v) is 7.64. The van der Waals surface area contributed by atoms with E-state index in [-0.39, 0.29) is 6.09 Å². The Bertz CT molecular complexity index is 336. The number of carbonyl (C=O) groups is 1. The Hall–Kier alpha value is -1.78. The van der Waals surface area contributed by atoms with Crippen molar-refractivity contribution in [2.24, 2.45) is 0 Å². The molecule has 0 aromatic carbocycles. The molecule has 1 aromatic heterocycles. The number of anilines is 1. The van der Waals surface area contributed by atoms with Gasteiger partial charge in [-0.25, -0.2) is 9.78 Å². The first-order valence-corrected chi connectivity index (χ1v) is 4.38. The van der Waals surface area contributed by atoms with Crippen LogP contribution in [0, 0.1) is 0 Å². The number of hydrogen-bond acceptors (Lipinski definition) is 4. The number of hydrogen-bond donors (Lipinski definition) is 1. The Balaban J connectivity index is 2.03. The lowest BCUT2D eigenvalue weighted by Gasteiger charge is -2.11. The summed E-state index contributed by atoms with van der Waals surface area (Å²) < 4.78 is 4.80. The molecule has 1 saturated heterocycles. The SMILES string of the molecule is Nc1ccc(CN2CCOC2=O)cn1. The first-order valence-electron chi connectivity index (χ1n) is 4.38. The summed E-state index contributed by atoms with van der Waals surface area (Å²) in [5.74, 6) is 0.484. The highest BCUT2D eigenvalue weighted by Crippen LogP contribution is 2.10. The van der Waals surface area contributed by atoms with Crippen LogP contribution in [-0.2, 0) is 11.3 Å². The van der Waals surface area contributed by atoms with E-state index in [9.17, 15) is 4.79 Å². The van der Waals surface area contributed by atoms with E-state index in [2.05, 4.69) is 4.98 Å². The molecule has 5 nitrogen and oxygen atoms in total. The summed E-state index contributed by atoms with van der Waals surface area (Å²) in [6.07, 6.45) is 1.41. The lowest BCUT2D eigenvalue weighted by molar-refractivity contribution is 0.157. The van der Waals surface area contributed by atoms with E-state index in [1.54, 1.807) is 17.2 Å². The quantitative estimate of drug-likeness (QED) is 0.747. The van der Waals surface area contributed by atoms with E-state index < -0.39 is 0 Å². The van der Waals surface area contributed by atoms with Crippen molar-refractivity contribution in [1.29, 1.82) is 0 Å². The second-order valence-corrected chi connectivity index (χ2v) is 3.13. The van der Waals surface area contributed by atoms with Gasteiger partial charge in [-0.2, -0.15) is 0 Å². The fraction of sp³-hybridized carbons (Fsp3) is 0.333. The minimum absolute atomic E-state index is 0.262. The van der Waals surface area contributed by atoms with Crippen molar-refractivity contribution >= 4 is 11.9 Å². The third-order valence-corrected chi connectivity index (χ3v) is 2.07. The number of ether oxygens (including phenoxy) is 1. The van der Waals surface area contributed by atoms with Crippen LogP contribution in [0.2, 0.25) is 0 Å². The van der Waals surface area contributed by atoms with Crippen LogP contribution >= 0.6 is 0 Å². The van der Waals surface area contributed by atoms with Gasteiger partial charge in [0.1, 0.15) is 12.4 Å². The molecule has 1 aliphatic rings. The molecule has 0 bridgehead atoms. The van der Waals surface area contributed by atoms with Crippen molar-refractivity contribution in [3.05, 3.63) is 23.9 Å². The number of nitrogens with zero attached hydrogens (tertiary/aromatic N) is 2. The van der Waals surface area contributed by atoms with Crippen LogP contribution in [0.15, 0.2) is 18.3 Å². The van der Waals surface area contributed by atoms with E-state index in [1.807, 2.05) is 6.07 Å². The summed E-state index contributed by atoms with van der Waals surface area (Å²) in [5.41, 5.74) is 6.40. The van der Waals surface area contributed by atoms with Crippen LogP contribution in [0.1, 0.15) is 5.56 Å². The number of amides is 1. The summed E-state index contributed by atoms with van der Waals surface area (Å²) in [4.78, 5) is 16.7. The molecule has 0 saturated carbocycles. The molecule has 5 heteroatoms. The predicted octanol–water partition coefficient (Wildman–Crippen LogP) is 0.616. The Labute approximate surface area is 81.5 Å². The smallest absolute Gasteiger partial charge is 0.410 e. The highest BCUT2D eigenvalue weighted by Gasteiger charge is 2.21. The average Bonchev–Trinajstić information content (AvgIpc) is 2.56. The normalized spacial score (nSPS) is 15.7. The molecule has 0 atom stereocenters. The second kappa shape index (κ2) is 3.53. The highest BCUT2D eigenvalue weighted by atomic mass is 16.6. The van der Waals surface area contributed by atoms with Gasteiger partial charge in [0.25, 0.3) is 0 Å². The Morgan fingerprint density at radius 3 is 3.00 bits per heavy atom. The molecule has 14 heavy (non-hydrogen) atoms. The fourth-order valence-corrected chi connectivity index (χ4v) is 1.32. The van der Waals surface area contributed by atoms with E-state index in [4.69, 9.17) is 10.5 Å². The summed E-state index contributed by atoms with van der Waals surface area (Å²) in [6.45, 7) is 1.65. The zero-order chi connectivity index (χ0) is 9.97. The topological polar surface area (TPSA) is 68.4 Å². The van der Waals surface area contributed by atoms with Crippen molar-refractivity contribution in [1.82, 2.24) is 9.88 Å². The van der Waals surface area contributed by atoms with Crippen molar-refractivity contribution in [3.63, 3.8) is 0 Å². The van der Waals surface area contributed by atoms with Crippen LogP contribution in [0.5, 0.6) is 0 Å². The monoisotopic (exact) mass is 193 g/mol. The van der Waals surface area contributed by atoms with Gasteiger partial charge in [0.2, 0.25) is 0 Å². The molecule has 0 radical (unpaired) electrons. The number of rotatable bonds is 2. The standard InChI is InChI=1S/C9H11N3O2/c10-8-2-1-7(5-11-8)6-12-3-4-14-9(12)13/h1-2,5H,3-4,6H2,(H2,10,11). The fourth-order valence-electron chi connectivity index (χ4n) is 1.32. The van der Waals surface area contributed by atoms with Gasteiger partial charge in [0.15, 0.2) is 0 Å². The van der Waals surface area contributed by atoms with Gasteiger partial charge in [-0.1, -0.05) is 6.07 Å². The molecule has 0 unspecified atom stereocenters. The van der Waals surface area contributed by atoms with Gasteiger partial charge in [-0.05, 0) is 11.6 Å². The average molecular weight is 193 g/mol. The molecule has 1 aliphatic heterocycles. The summed E-state index contributed by atoms with van der Waals surface area (Å²) in [7, 11) is 0. The predicted molar refractivity (Wildman–Crippen MR) is 50.4 cm³/mol. The van der Waals surface area contributed by atoms with Crippen LogP contribution in [0.25, 0.3) is 0 Å². The lowest BCUT2D eigenvalue weighted by atomic mass is 10.2. The van der Waals surface area contributed by atoms with Gasteiger partial charge in [0, 0.05) is 6.20 Å². The van der Waals surface area contributed by atoms with Crippen LogP contribution in [-0.4, -0.2) is 29.1 Å². The molecular weight excluding hydrogens is 182 g/mol. The van der Waals surface area contributed by atoms with Crippen molar-refractivity contribution < 1.29 is 9.53 Å². The van der Waals surface area contributed by atoms with Crippen molar-refractivity contribution in [2.45, 2.75) is 6.54 Å². The third-order valence-electron chi connectivity index (χ3n) is 2.07.